The van der Waals surface area contributed by atoms with Gasteiger partial charge in [-0.3, -0.25) is 0 Å². The Kier molecular flexibility index (Phi) is 5.67. The summed E-state index contributed by atoms with van der Waals surface area (Å²) in [7, 11) is 1.61. The van der Waals surface area contributed by atoms with Crippen molar-refractivity contribution in [2.75, 3.05) is 7.11 Å². The van der Waals surface area contributed by atoms with Gasteiger partial charge < -0.3 is 15.4 Å². The van der Waals surface area contributed by atoms with E-state index >= 15 is 0 Å². The summed E-state index contributed by atoms with van der Waals surface area (Å²) >= 11 is 5.96. The molecule has 0 heterocycles. The van der Waals surface area contributed by atoms with Gasteiger partial charge in [0.15, 0.2) is 0 Å². The fourth-order valence-corrected chi connectivity index (χ4v) is 2.33. The molecule has 0 aromatic heterocycles. The molecule has 2 aromatic rings. The summed E-state index contributed by atoms with van der Waals surface area (Å²) in [5.74, 6) is 0.755. The smallest absolute Gasteiger partial charge is 0.315 e. The van der Waals surface area contributed by atoms with E-state index in [9.17, 15) is 4.79 Å². The van der Waals surface area contributed by atoms with Crippen LogP contribution in [0.5, 0.6) is 5.75 Å². The standard InChI is InChI=1S/C17H19ClN2O2/c1-12(13-7-5-8-15(18)10-13)20-17(21)19-11-14-6-3-4-9-16(14)22-2/h3-10,12H,11H2,1-2H3,(H2,19,20,21)/t12-/m0/s1. The van der Waals surface area contributed by atoms with Crippen molar-refractivity contribution in [1.29, 1.82) is 0 Å². The molecule has 0 spiro atoms. The minimum absolute atomic E-state index is 0.128. The number of benzene rings is 2. The number of para-hydroxylation sites is 1. The summed E-state index contributed by atoms with van der Waals surface area (Å²) in [5.41, 5.74) is 1.88. The number of carbonyl (C=O) groups excluding carboxylic acids is 1. The van der Waals surface area contributed by atoms with Crippen LogP contribution in [0.2, 0.25) is 5.02 Å². The molecule has 2 N–H and O–H groups in total. The Balaban J connectivity index is 1.90. The number of methoxy groups -OCH3 is 1. The molecule has 0 unspecified atom stereocenters. The zero-order valence-corrected chi connectivity index (χ0v) is 13.4. The molecule has 4 nitrogen and oxygen atoms in total. The molecule has 2 rings (SSSR count). The molecule has 1 atom stereocenters. The Morgan fingerprint density at radius 1 is 1.23 bits per heavy atom. The SMILES string of the molecule is COc1ccccc1CNC(=O)N[C@@H](C)c1cccc(Cl)c1. The molecule has 116 valence electrons. The fourth-order valence-electron chi connectivity index (χ4n) is 2.13. The van der Waals surface area contributed by atoms with Crippen molar-refractivity contribution >= 4 is 17.6 Å². The summed E-state index contributed by atoms with van der Waals surface area (Å²) in [5, 5.41) is 6.36. The lowest BCUT2D eigenvalue weighted by molar-refractivity contribution is 0.237. The summed E-state index contributed by atoms with van der Waals surface area (Å²) in [6.07, 6.45) is 0. The molecule has 0 radical (unpaired) electrons. The maximum Gasteiger partial charge on any atom is 0.315 e. The molecule has 0 aliphatic heterocycles. The van der Waals surface area contributed by atoms with E-state index in [0.717, 1.165) is 16.9 Å². The molecule has 2 aromatic carbocycles. The van der Waals surface area contributed by atoms with E-state index < -0.39 is 0 Å². The Hall–Kier alpha value is -2.20. The Morgan fingerprint density at radius 3 is 2.73 bits per heavy atom. The minimum Gasteiger partial charge on any atom is -0.496 e. The quantitative estimate of drug-likeness (QED) is 0.878. The van der Waals surface area contributed by atoms with Crippen molar-refractivity contribution in [3.05, 3.63) is 64.7 Å². The summed E-state index contributed by atoms with van der Waals surface area (Å²) in [4.78, 5) is 12.0. The number of hydrogen-bond donors (Lipinski definition) is 2. The third-order valence-corrected chi connectivity index (χ3v) is 3.56. The van der Waals surface area contributed by atoms with Gasteiger partial charge in [0.2, 0.25) is 0 Å². The molecule has 0 fully saturated rings. The average molecular weight is 319 g/mol. The topological polar surface area (TPSA) is 50.4 Å². The lowest BCUT2D eigenvalue weighted by Gasteiger charge is -2.16. The highest BCUT2D eigenvalue weighted by atomic mass is 35.5. The molecule has 0 bridgehead atoms. The van der Waals surface area contributed by atoms with Gasteiger partial charge >= 0.3 is 6.03 Å². The summed E-state index contributed by atoms with van der Waals surface area (Å²) in [6, 6.07) is 14.7. The normalized spacial score (nSPS) is 11.6. The lowest BCUT2D eigenvalue weighted by atomic mass is 10.1. The van der Waals surface area contributed by atoms with E-state index in [-0.39, 0.29) is 12.1 Å². The van der Waals surface area contributed by atoms with Crippen molar-refractivity contribution in [3.63, 3.8) is 0 Å². The van der Waals surface area contributed by atoms with Crippen LogP contribution in [0.3, 0.4) is 0 Å². The van der Waals surface area contributed by atoms with Crippen LogP contribution in [0.15, 0.2) is 48.5 Å². The van der Waals surface area contributed by atoms with Gasteiger partial charge in [0.25, 0.3) is 0 Å². The van der Waals surface area contributed by atoms with Gasteiger partial charge in [-0.05, 0) is 30.7 Å². The van der Waals surface area contributed by atoms with Gasteiger partial charge in [0, 0.05) is 17.1 Å². The van der Waals surface area contributed by atoms with E-state index in [0.29, 0.717) is 11.6 Å². The molecule has 5 heteroatoms. The van der Waals surface area contributed by atoms with E-state index in [1.54, 1.807) is 13.2 Å². The van der Waals surface area contributed by atoms with Crippen LogP contribution in [-0.2, 0) is 6.54 Å². The molecule has 0 aliphatic rings. The van der Waals surface area contributed by atoms with E-state index in [1.165, 1.54) is 0 Å². The van der Waals surface area contributed by atoms with Crippen molar-refractivity contribution in [3.8, 4) is 5.75 Å². The molecule has 0 saturated carbocycles. The monoisotopic (exact) mass is 318 g/mol. The fraction of sp³-hybridized carbons (Fsp3) is 0.235. The maximum atomic E-state index is 12.0. The van der Waals surface area contributed by atoms with Crippen LogP contribution < -0.4 is 15.4 Å². The second-order valence-corrected chi connectivity index (χ2v) is 5.35. The van der Waals surface area contributed by atoms with Gasteiger partial charge in [-0.2, -0.15) is 0 Å². The number of urea groups is 1. The van der Waals surface area contributed by atoms with Gasteiger partial charge in [-0.1, -0.05) is 41.9 Å². The zero-order chi connectivity index (χ0) is 15.9. The average Bonchev–Trinajstić information content (AvgIpc) is 2.53. The van der Waals surface area contributed by atoms with Crippen molar-refractivity contribution < 1.29 is 9.53 Å². The van der Waals surface area contributed by atoms with Crippen LogP contribution in [0.4, 0.5) is 4.79 Å². The third-order valence-electron chi connectivity index (χ3n) is 3.33. The highest BCUT2D eigenvalue weighted by Crippen LogP contribution is 2.18. The number of carbonyl (C=O) groups is 1. The second kappa shape index (κ2) is 7.71. The first-order valence-corrected chi connectivity index (χ1v) is 7.39. The molecule has 22 heavy (non-hydrogen) atoms. The largest absolute Gasteiger partial charge is 0.496 e. The highest BCUT2D eigenvalue weighted by molar-refractivity contribution is 6.30. The Morgan fingerprint density at radius 2 is 2.00 bits per heavy atom. The first-order valence-electron chi connectivity index (χ1n) is 7.02. The van der Waals surface area contributed by atoms with Crippen LogP contribution in [-0.4, -0.2) is 13.1 Å². The van der Waals surface area contributed by atoms with Crippen LogP contribution >= 0.6 is 11.6 Å². The zero-order valence-electron chi connectivity index (χ0n) is 12.6. The first kappa shape index (κ1) is 16.2. The Labute approximate surface area is 135 Å². The van der Waals surface area contributed by atoms with E-state index in [4.69, 9.17) is 16.3 Å². The summed E-state index contributed by atoms with van der Waals surface area (Å²) < 4.78 is 5.25. The molecular weight excluding hydrogens is 300 g/mol. The Bertz CT molecular complexity index is 646. The van der Waals surface area contributed by atoms with Gasteiger partial charge in [0.05, 0.1) is 13.2 Å². The summed E-state index contributed by atoms with van der Waals surface area (Å²) in [6.45, 7) is 2.31. The number of ether oxygens (including phenoxy) is 1. The number of amides is 2. The van der Waals surface area contributed by atoms with Crippen molar-refractivity contribution in [2.24, 2.45) is 0 Å². The van der Waals surface area contributed by atoms with E-state index in [1.807, 2.05) is 49.4 Å². The van der Waals surface area contributed by atoms with Crippen molar-refractivity contribution in [1.82, 2.24) is 10.6 Å². The molecule has 0 saturated heterocycles. The van der Waals surface area contributed by atoms with Crippen LogP contribution in [0, 0.1) is 0 Å². The predicted molar refractivity (Wildman–Crippen MR) is 88.2 cm³/mol. The number of halogens is 1. The predicted octanol–water partition coefficient (Wildman–Crippen LogP) is 3.91. The van der Waals surface area contributed by atoms with Crippen LogP contribution in [0.25, 0.3) is 0 Å². The number of nitrogens with one attached hydrogen (secondary N) is 2. The highest BCUT2D eigenvalue weighted by Gasteiger charge is 2.10. The molecule has 0 aliphatic carbocycles. The number of hydrogen-bond acceptors (Lipinski definition) is 2. The third kappa shape index (κ3) is 4.40. The van der Waals surface area contributed by atoms with Crippen LogP contribution in [0.1, 0.15) is 24.1 Å². The van der Waals surface area contributed by atoms with Gasteiger partial charge in [0.1, 0.15) is 5.75 Å². The lowest BCUT2D eigenvalue weighted by Crippen LogP contribution is -2.36. The molecular formula is C17H19ClN2O2. The minimum atomic E-state index is -0.238. The first-order chi connectivity index (χ1) is 10.6. The van der Waals surface area contributed by atoms with E-state index in [2.05, 4.69) is 10.6 Å². The van der Waals surface area contributed by atoms with Gasteiger partial charge in [-0.25, -0.2) is 4.79 Å². The maximum absolute atomic E-state index is 12.0. The number of rotatable bonds is 5. The molecule has 2 amide bonds. The second-order valence-electron chi connectivity index (χ2n) is 4.92. The van der Waals surface area contributed by atoms with Crippen molar-refractivity contribution in [2.45, 2.75) is 19.5 Å². The van der Waals surface area contributed by atoms with Gasteiger partial charge in [-0.15, -0.1) is 0 Å².